The molecule has 0 aliphatic heterocycles. The maximum Gasteiger partial charge on any atom is 0.255 e. The molecule has 0 spiro atoms. The van der Waals surface area contributed by atoms with Crippen LogP contribution < -0.4 is 11.1 Å². The number of aryl methyl sites for hydroxylation is 1. The van der Waals surface area contributed by atoms with E-state index < -0.39 is 0 Å². The summed E-state index contributed by atoms with van der Waals surface area (Å²) in [4.78, 5) is 15.9. The van der Waals surface area contributed by atoms with E-state index in [0.29, 0.717) is 22.0 Å². The smallest absolute Gasteiger partial charge is 0.255 e. The van der Waals surface area contributed by atoms with E-state index in [1.807, 2.05) is 6.92 Å². The normalized spacial score (nSPS) is 10.1. The number of nitrogens with zero attached hydrogens (tertiary/aromatic N) is 1. The molecule has 1 heterocycles. The summed E-state index contributed by atoms with van der Waals surface area (Å²) in [6.07, 6.45) is 3.06. The Morgan fingerprint density at radius 2 is 2.17 bits per heavy atom. The molecule has 0 unspecified atom stereocenters. The molecule has 18 heavy (non-hydrogen) atoms. The number of rotatable bonds is 2. The number of pyridine rings is 1. The first-order valence-corrected chi connectivity index (χ1v) is 5.72. The van der Waals surface area contributed by atoms with Crippen molar-refractivity contribution in [1.82, 2.24) is 4.98 Å². The maximum atomic E-state index is 12.0. The van der Waals surface area contributed by atoms with Gasteiger partial charge in [-0.1, -0.05) is 11.6 Å². The lowest BCUT2D eigenvalue weighted by atomic mass is 10.1. The zero-order valence-corrected chi connectivity index (χ0v) is 10.5. The zero-order chi connectivity index (χ0) is 13.1. The van der Waals surface area contributed by atoms with Gasteiger partial charge in [0.2, 0.25) is 0 Å². The van der Waals surface area contributed by atoms with Crippen LogP contribution in [0.25, 0.3) is 0 Å². The second kappa shape index (κ2) is 5.06. The van der Waals surface area contributed by atoms with E-state index in [2.05, 4.69) is 10.3 Å². The van der Waals surface area contributed by atoms with Crippen LogP contribution >= 0.6 is 11.6 Å². The van der Waals surface area contributed by atoms with Gasteiger partial charge < -0.3 is 11.1 Å². The van der Waals surface area contributed by atoms with Crippen LogP contribution in [-0.4, -0.2) is 10.9 Å². The minimum atomic E-state index is -0.229. The summed E-state index contributed by atoms with van der Waals surface area (Å²) in [6, 6.07) is 6.74. The van der Waals surface area contributed by atoms with Crippen LogP contribution in [0, 0.1) is 6.92 Å². The molecule has 0 radical (unpaired) electrons. The lowest BCUT2D eigenvalue weighted by molar-refractivity contribution is 0.102. The van der Waals surface area contributed by atoms with Crippen LogP contribution in [0.5, 0.6) is 0 Å². The minimum Gasteiger partial charge on any atom is -0.396 e. The Hall–Kier alpha value is -2.07. The van der Waals surface area contributed by atoms with Gasteiger partial charge >= 0.3 is 0 Å². The molecule has 0 aliphatic carbocycles. The fourth-order valence-corrected chi connectivity index (χ4v) is 1.62. The second-order valence-corrected chi connectivity index (χ2v) is 4.29. The van der Waals surface area contributed by atoms with Crippen LogP contribution in [0.2, 0.25) is 5.02 Å². The first-order chi connectivity index (χ1) is 8.58. The van der Waals surface area contributed by atoms with Crippen molar-refractivity contribution in [1.29, 1.82) is 0 Å². The van der Waals surface area contributed by atoms with E-state index in [-0.39, 0.29) is 5.91 Å². The van der Waals surface area contributed by atoms with Crippen molar-refractivity contribution in [2.45, 2.75) is 6.92 Å². The summed E-state index contributed by atoms with van der Waals surface area (Å²) < 4.78 is 0. The highest BCUT2D eigenvalue weighted by Crippen LogP contribution is 2.19. The summed E-state index contributed by atoms with van der Waals surface area (Å²) in [5.74, 6) is -0.229. The molecule has 0 aliphatic rings. The molecule has 0 atom stereocenters. The number of amides is 1. The highest BCUT2D eigenvalue weighted by molar-refractivity contribution is 6.31. The molecule has 0 bridgehead atoms. The van der Waals surface area contributed by atoms with Gasteiger partial charge in [-0.3, -0.25) is 9.78 Å². The Kier molecular flexibility index (Phi) is 3.48. The zero-order valence-electron chi connectivity index (χ0n) is 9.77. The van der Waals surface area contributed by atoms with Crippen molar-refractivity contribution in [3.8, 4) is 0 Å². The number of anilines is 2. The number of hydrogen-bond donors (Lipinski definition) is 2. The number of aromatic nitrogens is 1. The SMILES string of the molecule is Cc1cc(C(=O)Nc2ccncc2N)ccc1Cl. The molecule has 1 aromatic heterocycles. The van der Waals surface area contributed by atoms with Gasteiger partial charge in [0.15, 0.2) is 0 Å². The first kappa shape index (κ1) is 12.4. The van der Waals surface area contributed by atoms with Crippen molar-refractivity contribution in [2.24, 2.45) is 0 Å². The molecule has 5 heteroatoms. The van der Waals surface area contributed by atoms with Crippen molar-refractivity contribution in [3.63, 3.8) is 0 Å². The molecular formula is C13H12ClN3O. The van der Waals surface area contributed by atoms with Crippen LogP contribution in [0.3, 0.4) is 0 Å². The number of nitrogens with two attached hydrogens (primary N) is 1. The number of halogens is 1. The third-order valence-corrected chi connectivity index (χ3v) is 2.94. The number of benzene rings is 1. The Balaban J connectivity index is 2.22. The first-order valence-electron chi connectivity index (χ1n) is 5.35. The predicted molar refractivity (Wildman–Crippen MR) is 72.8 cm³/mol. The molecule has 0 saturated heterocycles. The summed E-state index contributed by atoms with van der Waals surface area (Å²) in [7, 11) is 0. The fourth-order valence-electron chi connectivity index (χ4n) is 1.50. The summed E-state index contributed by atoms with van der Waals surface area (Å²) in [5.41, 5.74) is 8.06. The average Bonchev–Trinajstić information content (AvgIpc) is 2.35. The topological polar surface area (TPSA) is 68.0 Å². The molecule has 3 N–H and O–H groups in total. The van der Waals surface area contributed by atoms with Gasteiger partial charge in [-0.15, -0.1) is 0 Å². The van der Waals surface area contributed by atoms with Gasteiger partial charge in [0, 0.05) is 16.8 Å². The number of nitrogens with one attached hydrogen (secondary N) is 1. The molecule has 0 saturated carbocycles. The van der Waals surface area contributed by atoms with E-state index in [0.717, 1.165) is 5.56 Å². The highest BCUT2D eigenvalue weighted by Gasteiger charge is 2.09. The average molecular weight is 262 g/mol. The molecule has 1 amide bonds. The van der Waals surface area contributed by atoms with E-state index in [4.69, 9.17) is 17.3 Å². The number of nitrogen functional groups attached to an aromatic ring is 1. The summed E-state index contributed by atoms with van der Waals surface area (Å²) in [5, 5.41) is 3.36. The summed E-state index contributed by atoms with van der Waals surface area (Å²) in [6.45, 7) is 1.85. The molecule has 92 valence electrons. The lowest BCUT2D eigenvalue weighted by Crippen LogP contribution is -2.13. The monoisotopic (exact) mass is 261 g/mol. The van der Waals surface area contributed by atoms with E-state index >= 15 is 0 Å². The van der Waals surface area contributed by atoms with E-state index in [9.17, 15) is 4.79 Å². The van der Waals surface area contributed by atoms with Gasteiger partial charge in [-0.05, 0) is 36.8 Å². The summed E-state index contributed by atoms with van der Waals surface area (Å²) >= 11 is 5.91. The molecular weight excluding hydrogens is 250 g/mol. The van der Waals surface area contributed by atoms with Crippen molar-refractivity contribution in [3.05, 3.63) is 52.8 Å². The molecule has 0 fully saturated rings. The third-order valence-electron chi connectivity index (χ3n) is 2.52. The van der Waals surface area contributed by atoms with Crippen molar-refractivity contribution >= 4 is 28.9 Å². The predicted octanol–water partition coefficient (Wildman–Crippen LogP) is 2.88. The number of carbonyl (C=O) groups excluding carboxylic acids is 1. The number of carbonyl (C=O) groups is 1. The highest BCUT2D eigenvalue weighted by atomic mass is 35.5. The van der Waals surface area contributed by atoms with Gasteiger partial charge in [0.25, 0.3) is 5.91 Å². The third kappa shape index (κ3) is 2.60. The van der Waals surface area contributed by atoms with Crippen LogP contribution in [0.1, 0.15) is 15.9 Å². The molecule has 1 aromatic carbocycles. The van der Waals surface area contributed by atoms with Gasteiger partial charge in [-0.2, -0.15) is 0 Å². The van der Waals surface area contributed by atoms with Crippen LogP contribution in [0.4, 0.5) is 11.4 Å². The van der Waals surface area contributed by atoms with E-state index in [1.165, 1.54) is 6.20 Å². The van der Waals surface area contributed by atoms with Gasteiger partial charge in [0.1, 0.15) is 0 Å². The van der Waals surface area contributed by atoms with E-state index in [1.54, 1.807) is 30.5 Å². The van der Waals surface area contributed by atoms with Crippen LogP contribution in [0.15, 0.2) is 36.7 Å². The van der Waals surface area contributed by atoms with Crippen molar-refractivity contribution < 1.29 is 4.79 Å². The Labute approximate surface area is 110 Å². The molecule has 2 rings (SSSR count). The van der Waals surface area contributed by atoms with Gasteiger partial charge in [0.05, 0.1) is 17.6 Å². The Morgan fingerprint density at radius 3 is 2.83 bits per heavy atom. The standard InChI is InChI=1S/C13H12ClN3O/c1-8-6-9(2-3-10(8)14)13(18)17-12-4-5-16-7-11(12)15/h2-7H,15H2,1H3,(H,16,17,18). The maximum absolute atomic E-state index is 12.0. The lowest BCUT2D eigenvalue weighted by Gasteiger charge is -2.08. The van der Waals surface area contributed by atoms with Crippen molar-refractivity contribution in [2.75, 3.05) is 11.1 Å². The fraction of sp³-hybridized carbons (Fsp3) is 0.0769. The molecule has 4 nitrogen and oxygen atoms in total. The largest absolute Gasteiger partial charge is 0.396 e. The Morgan fingerprint density at radius 1 is 1.39 bits per heavy atom. The second-order valence-electron chi connectivity index (χ2n) is 3.88. The minimum absolute atomic E-state index is 0.229. The molecule has 2 aromatic rings. The number of hydrogen-bond acceptors (Lipinski definition) is 3. The van der Waals surface area contributed by atoms with Gasteiger partial charge in [-0.25, -0.2) is 0 Å². The Bertz CT molecular complexity index is 599. The quantitative estimate of drug-likeness (QED) is 0.873. The van der Waals surface area contributed by atoms with Crippen LogP contribution in [-0.2, 0) is 0 Å².